The van der Waals surface area contributed by atoms with Gasteiger partial charge < -0.3 is 4.74 Å². The Morgan fingerprint density at radius 2 is 1.83 bits per heavy atom. The number of aryl methyl sites for hydroxylation is 2. The Balaban J connectivity index is 1.46. The van der Waals surface area contributed by atoms with Crippen LogP contribution in [-0.2, 0) is 6.54 Å². The fourth-order valence-electron chi connectivity index (χ4n) is 3.35. The lowest BCUT2D eigenvalue weighted by Gasteiger charge is -2.08. The minimum atomic E-state index is 0.0248. The lowest BCUT2D eigenvalue weighted by Crippen LogP contribution is -2.20. The maximum Gasteiger partial charge on any atom is 0.262 e. The number of benzene rings is 2. The molecule has 2 aromatic heterocycles. The normalized spacial score (nSPS) is 11.1. The highest BCUT2D eigenvalue weighted by molar-refractivity contribution is 7.19. The van der Waals surface area contributed by atoms with Crippen LogP contribution in [0.4, 0.5) is 0 Å². The Hall–Kier alpha value is -2.63. The van der Waals surface area contributed by atoms with Crippen LogP contribution in [0.15, 0.2) is 65.7 Å². The van der Waals surface area contributed by atoms with Gasteiger partial charge in [0.2, 0.25) is 0 Å². The van der Waals surface area contributed by atoms with Gasteiger partial charge in [-0.15, -0.1) is 11.3 Å². The summed E-state index contributed by atoms with van der Waals surface area (Å²) in [6.45, 7) is 3.26. The summed E-state index contributed by atoms with van der Waals surface area (Å²) in [5, 5.41) is 1.41. The molecule has 0 radical (unpaired) electrons. The van der Waals surface area contributed by atoms with E-state index in [9.17, 15) is 4.79 Å². The van der Waals surface area contributed by atoms with Crippen molar-refractivity contribution >= 4 is 33.2 Å². The molecule has 6 heteroatoms. The Labute approximate surface area is 178 Å². The average Bonchev–Trinajstić information content (AvgIpc) is 3.08. The molecule has 0 aliphatic heterocycles. The third-order valence-corrected chi connectivity index (χ3v) is 6.06. The van der Waals surface area contributed by atoms with E-state index in [1.807, 2.05) is 61.5 Å². The molecule has 0 aliphatic carbocycles. The van der Waals surface area contributed by atoms with E-state index >= 15 is 0 Å². The number of aromatic nitrogens is 2. The highest BCUT2D eigenvalue weighted by atomic mass is 35.5. The molecule has 4 rings (SSSR count). The van der Waals surface area contributed by atoms with Crippen LogP contribution >= 0.6 is 22.9 Å². The van der Waals surface area contributed by atoms with Crippen LogP contribution in [0.1, 0.15) is 17.7 Å². The molecule has 0 N–H and O–H groups in total. The monoisotopic (exact) mass is 424 g/mol. The van der Waals surface area contributed by atoms with Crippen molar-refractivity contribution in [3.05, 3.63) is 81.2 Å². The quantitative estimate of drug-likeness (QED) is 0.344. The van der Waals surface area contributed by atoms with Gasteiger partial charge in [-0.05, 0) is 49.6 Å². The molecule has 2 heterocycles. The number of fused-ring (bicyclic) bond motifs is 1. The van der Waals surface area contributed by atoms with Crippen LogP contribution in [0, 0.1) is 6.92 Å². The van der Waals surface area contributed by atoms with Crippen molar-refractivity contribution < 1.29 is 4.74 Å². The van der Waals surface area contributed by atoms with Crippen LogP contribution in [0.2, 0.25) is 5.02 Å². The first-order valence-electron chi connectivity index (χ1n) is 9.56. The second-order valence-corrected chi connectivity index (χ2v) is 8.47. The van der Waals surface area contributed by atoms with Crippen LogP contribution < -0.4 is 10.3 Å². The first-order valence-corrected chi connectivity index (χ1v) is 10.8. The lowest BCUT2D eigenvalue weighted by molar-refractivity contribution is 0.303. The predicted molar refractivity (Wildman–Crippen MR) is 120 cm³/mol. The van der Waals surface area contributed by atoms with Crippen molar-refractivity contribution in [1.29, 1.82) is 0 Å². The second kappa shape index (κ2) is 8.80. The van der Waals surface area contributed by atoms with E-state index in [0.29, 0.717) is 18.2 Å². The second-order valence-electron chi connectivity index (χ2n) is 6.83. The third-order valence-electron chi connectivity index (χ3n) is 4.79. The average molecular weight is 425 g/mol. The van der Waals surface area contributed by atoms with Gasteiger partial charge in [-0.2, -0.15) is 0 Å². The minimum Gasteiger partial charge on any atom is -0.494 e. The summed E-state index contributed by atoms with van der Waals surface area (Å²) >= 11 is 7.45. The molecule has 0 unspecified atom stereocenters. The number of ether oxygens (including phenoxy) is 1. The predicted octanol–water partition coefficient (Wildman–Crippen LogP) is 5.95. The molecular weight excluding hydrogens is 404 g/mol. The Kier molecular flexibility index (Phi) is 5.97. The molecular formula is C23H21ClN2O2S. The van der Waals surface area contributed by atoms with Crippen LogP contribution in [0.3, 0.4) is 0 Å². The van der Waals surface area contributed by atoms with Crippen molar-refractivity contribution in [3.8, 4) is 16.9 Å². The van der Waals surface area contributed by atoms with E-state index in [4.69, 9.17) is 16.3 Å². The molecule has 0 saturated heterocycles. The van der Waals surface area contributed by atoms with Gasteiger partial charge in [0.05, 0.1) is 18.3 Å². The van der Waals surface area contributed by atoms with Crippen molar-refractivity contribution in [1.82, 2.24) is 9.55 Å². The highest BCUT2D eigenvalue weighted by Crippen LogP contribution is 2.35. The molecule has 0 amide bonds. The van der Waals surface area contributed by atoms with Gasteiger partial charge in [0, 0.05) is 22.0 Å². The number of nitrogens with zero attached hydrogens (tertiary/aromatic N) is 2. The molecule has 29 heavy (non-hydrogen) atoms. The molecule has 0 fully saturated rings. The topological polar surface area (TPSA) is 44.1 Å². The van der Waals surface area contributed by atoms with Gasteiger partial charge in [0.1, 0.15) is 10.6 Å². The largest absolute Gasteiger partial charge is 0.494 e. The number of halogens is 1. The standard InChI is InChI=1S/C23H21ClN2O2S/c1-16-20(17-7-3-2-4-8-17)21-22(29-16)25-15-26(23(21)27)13-5-6-14-28-19-11-9-18(24)10-12-19/h2-4,7-12,15H,5-6,13-14H2,1H3. The number of hydrogen-bond donors (Lipinski definition) is 0. The molecule has 4 nitrogen and oxygen atoms in total. The highest BCUT2D eigenvalue weighted by Gasteiger charge is 2.16. The number of hydrogen-bond acceptors (Lipinski definition) is 4. The third kappa shape index (κ3) is 4.36. The van der Waals surface area contributed by atoms with Crippen LogP contribution in [0.5, 0.6) is 5.75 Å². The van der Waals surface area contributed by atoms with E-state index in [2.05, 4.69) is 4.98 Å². The molecule has 0 saturated carbocycles. The fourth-order valence-corrected chi connectivity index (χ4v) is 4.48. The maximum absolute atomic E-state index is 13.1. The SMILES string of the molecule is Cc1sc2ncn(CCCCOc3ccc(Cl)cc3)c(=O)c2c1-c1ccccc1. The van der Waals surface area contributed by atoms with Crippen molar-refractivity contribution in [2.75, 3.05) is 6.61 Å². The maximum atomic E-state index is 13.1. The Bertz CT molecular complexity index is 1170. The van der Waals surface area contributed by atoms with Gasteiger partial charge in [-0.1, -0.05) is 41.9 Å². The molecule has 0 atom stereocenters. The van der Waals surface area contributed by atoms with Crippen LogP contribution in [-0.4, -0.2) is 16.2 Å². The van der Waals surface area contributed by atoms with Crippen molar-refractivity contribution in [2.24, 2.45) is 0 Å². The first kappa shape index (κ1) is 19.7. The fraction of sp³-hybridized carbons (Fsp3) is 0.217. The molecule has 0 aliphatic rings. The number of thiophene rings is 1. The summed E-state index contributed by atoms with van der Waals surface area (Å²) in [4.78, 5) is 19.6. The summed E-state index contributed by atoms with van der Waals surface area (Å²) in [6, 6.07) is 17.4. The van der Waals surface area contributed by atoms with E-state index in [1.165, 1.54) is 0 Å². The first-order chi connectivity index (χ1) is 14.1. The van der Waals surface area contributed by atoms with E-state index in [0.717, 1.165) is 44.8 Å². The van der Waals surface area contributed by atoms with Crippen molar-refractivity contribution in [2.45, 2.75) is 26.3 Å². The summed E-state index contributed by atoms with van der Waals surface area (Å²) in [5.74, 6) is 0.802. The summed E-state index contributed by atoms with van der Waals surface area (Å²) in [5.41, 5.74) is 2.09. The zero-order valence-electron chi connectivity index (χ0n) is 16.1. The van der Waals surface area contributed by atoms with Gasteiger partial charge in [-0.3, -0.25) is 9.36 Å². The van der Waals surface area contributed by atoms with Crippen molar-refractivity contribution in [3.63, 3.8) is 0 Å². The van der Waals surface area contributed by atoms with E-state index < -0.39 is 0 Å². The van der Waals surface area contributed by atoms with Gasteiger partial charge >= 0.3 is 0 Å². The zero-order chi connectivity index (χ0) is 20.2. The zero-order valence-corrected chi connectivity index (χ0v) is 17.7. The summed E-state index contributed by atoms with van der Waals surface area (Å²) in [6.07, 6.45) is 3.35. The summed E-state index contributed by atoms with van der Waals surface area (Å²) < 4.78 is 7.43. The summed E-state index contributed by atoms with van der Waals surface area (Å²) in [7, 11) is 0. The van der Waals surface area contributed by atoms with Gasteiger partial charge in [0.15, 0.2) is 0 Å². The minimum absolute atomic E-state index is 0.0248. The lowest BCUT2D eigenvalue weighted by atomic mass is 10.0. The molecule has 0 bridgehead atoms. The van der Waals surface area contributed by atoms with Crippen LogP contribution in [0.25, 0.3) is 21.3 Å². The van der Waals surface area contributed by atoms with E-state index in [-0.39, 0.29) is 5.56 Å². The molecule has 2 aromatic carbocycles. The van der Waals surface area contributed by atoms with E-state index in [1.54, 1.807) is 22.2 Å². The number of unbranched alkanes of at least 4 members (excludes halogenated alkanes) is 1. The molecule has 0 spiro atoms. The molecule has 4 aromatic rings. The van der Waals surface area contributed by atoms with Gasteiger partial charge in [-0.25, -0.2) is 4.98 Å². The van der Waals surface area contributed by atoms with Gasteiger partial charge in [0.25, 0.3) is 5.56 Å². The number of rotatable bonds is 7. The Morgan fingerprint density at radius 3 is 2.59 bits per heavy atom. The smallest absolute Gasteiger partial charge is 0.262 e. The molecule has 148 valence electrons. The Morgan fingerprint density at radius 1 is 1.07 bits per heavy atom.